The van der Waals surface area contributed by atoms with Crippen LogP contribution in [0, 0.1) is 12.8 Å². The molecule has 0 bridgehead atoms. The molecule has 138 valence electrons. The molecule has 1 atom stereocenters. The lowest BCUT2D eigenvalue weighted by molar-refractivity contribution is -0.136. The van der Waals surface area contributed by atoms with E-state index >= 15 is 0 Å². The van der Waals surface area contributed by atoms with Crippen molar-refractivity contribution in [3.05, 3.63) is 17.1 Å². The lowest BCUT2D eigenvalue weighted by Gasteiger charge is -2.33. The summed E-state index contributed by atoms with van der Waals surface area (Å²) in [5.74, 6) is 2.44. The van der Waals surface area contributed by atoms with Crippen molar-refractivity contribution in [1.29, 1.82) is 0 Å². The number of hydrogen-bond acceptors (Lipinski definition) is 4. The molecule has 1 aromatic rings. The molecule has 1 saturated heterocycles. The molecule has 5 heteroatoms. The number of rotatable bonds is 6. The molecule has 1 amide bonds. The summed E-state index contributed by atoms with van der Waals surface area (Å²) in [5, 5.41) is 0. The first-order valence-electron chi connectivity index (χ1n) is 10.0. The van der Waals surface area contributed by atoms with Gasteiger partial charge in [-0.15, -0.1) is 0 Å². The molecular weight excluding hydrogens is 312 g/mol. The van der Waals surface area contributed by atoms with Crippen LogP contribution in [0.4, 0.5) is 5.82 Å². The Morgan fingerprint density at radius 3 is 2.60 bits per heavy atom. The number of aryl methyl sites for hydroxylation is 1. The van der Waals surface area contributed by atoms with E-state index in [0.717, 1.165) is 69.1 Å². The number of unbranched alkanes of at least 4 members (excludes halogenated alkanes) is 1. The Bertz CT molecular complexity index is 610. The van der Waals surface area contributed by atoms with Crippen LogP contribution in [0.15, 0.2) is 0 Å². The molecule has 1 aromatic heterocycles. The maximum absolute atomic E-state index is 13.0. The molecule has 25 heavy (non-hydrogen) atoms. The minimum absolute atomic E-state index is 0.170. The lowest BCUT2D eigenvalue weighted by atomic mass is 9.96. The lowest BCUT2D eigenvalue weighted by Crippen LogP contribution is -2.41. The minimum Gasteiger partial charge on any atom is -0.356 e. The van der Waals surface area contributed by atoms with Crippen LogP contribution in [-0.2, 0) is 17.8 Å². The van der Waals surface area contributed by atoms with Crippen LogP contribution in [0.3, 0.4) is 0 Å². The summed E-state index contributed by atoms with van der Waals surface area (Å²) in [7, 11) is 0. The molecule has 0 unspecified atom stereocenters. The van der Waals surface area contributed by atoms with Crippen molar-refractivity contribution in [2.24, 2.45) is 5.92 Å². The molecule has 0 aromatic carbocycles. The average Bonchev–Trinajstić information content (AvgIpc) is 3.15. The Hall–Kier alpha value is -1.65. The third-order valence-electron chi connectivity index (χ3n) is 5.62. The van der Waals surface area contributed by atoms with E-state index in [1.807, 2.05) is 6.92 Å². The minimum atomic E-state index is 0.170. The summed E-state index contributed by atoms with van der Waals surface area (Å²) in [6, 6.07) is 0. The van der Waals surface area contributed by atoms with Gasteiger partial charge in [0.2, 0.25) is 5.91 Å². The van der Waals surface area contributed by atoms with E-state index in [9.17, 15) is 4.79 Å². The molecule has 3 heterocycles. The van der Waals surface area contributed by atoms with E-state index in [1.165, 1.54) is 18.4 Å². The predicted octanol–water partition coefficient (Wildman–Crippen LogP) is 3.49. The van der Waals surface area contributed by atoms with Gasteiger partial charge < -0.3 is 9.80 Å². The van der Waals surface area contributed by atoms with E-state index < -0.39 is 0 Å². The second kappa shape index (κ2) is 8.15. The van der Waals surface area contributed by atoms with Gasteiger partial charge in [-0.25, -0.2) is 9.97 Å². The molecule has 0 aliphatic carbocycles. The highest BCUT2D eigenvalue weighted by Crippen LogP contribution is 2.30. The Balaban J connectivity index is 1.81. The number of hydrogen-bond donors (Lipinski definition) is 0. The Kier molecular flexibility index (Phi) is 5.92. The van der Waals surface area contributed by atoms with Gasteiger partial charge in [0, 0.05) is 37.5 Å². The van der Waals surface area contributed by atoms with Gasteiger partial charge in [-0.3, -0.25) is 4.79 Å². The molecular formula is C20H32N4O. The molecule has 0 N–H and O–H groups in total. The standard InChI is InChI=1S/C20H32N4O/c1-4-6-9-16(5-2)20(25)24-13-10-18-17(14-24)19(22-15(3)21-18)23-11-7-8-12-23/h16H,4-14H2,1-3H3/t16-/m0/s1. The molecule has 1 fully saturated rings. The number of carbonyl (C=O) groups excluding carboxylic acids is 1. The largest absolute Gasteiger partial charge is 0.356 e. The van der Waals surface area contributed by atoms with Gasteiger partial charge in [0.25, 0.3) is 0 Å². The Morgan fingerprint density at radius 1 is 1.16 bits per heavy atom. The highest BCUT2D eigenvalue weighted by molar-refractivity contribution is 5.79. The maximum atomic E-state index is 13.0. The monoisotopic (exact) mass is 344 g/mol. The first-order chi connectivity index (χ1) is 12.1. The number of amides is 1. The fraction of sp³-hybridized carbons (Fsp3) is 0.750. The van der Waals surface area contributed by atoms with Crippen molar-refractivity contribution in [1.82, 2.24) is 14.9 Å². The first-order valence-corrected chi connectivity index (χ1v) is 10.0. The third kappa shape index (κ3) is 3.96. The SMILES string of the molecule is CCCC[C@H](CC)C(=O)N1CCc2nc(C)nc(N3CCCC3)c2C1. The number of anilines is 1. The van der Waals surface area contributed by atoms with Crippen molar-refractivity contribution in [3.8, 4) is 0 Å². The van der Waals surface area contributed by atoms with E-state index in [0.29, 0.717) is 12.5 Å². The zero-order chi connectivity index (χ0) is 17.8. The molecule has 0 spiro atoms. The maximum Gasteiger partial charge on any atom is 0.225 e. The van der Waals surface area contributed by atoms with E-state index in [2.05, 4.69) is 28.6 Å². The number of carbonyl (C=O) groups is 1. The summed E-state index contributed by atoms with van der Waals surface area (Å²) in [6.07, 6.45) is 7.55. The molecule has 0 radical (unpaired) electrons. The van der Waals surface area contributed by atoms with Gasteiger partial charge >= 0.3 is 0 Å². The van der Waals surface area contributed by atoms with Crippen LogP contribution in [0.1, 0.15) is 69.5 Å². The topological polar surface area (TPSA) is 49.3 Å². The van der Waals surface area contributed by atoms with Crippen LogP contribution in [0.5, 0.6) is 0 Å². The first kappa shape index (κ1) is 18.2. The summed E-state index contributed by atoms with van der Waals surface area (Å²) in [4.78, 5) is 26.9. The van der Waals surface area contributed by atoms with Crippen molar-refractivity contribution < 1.29 is 4.79 Å². The predicted molar refractivity (Wildman–Crippen MR) is 101 cm³/mol. The molecule has 0 saturated carbocycles. The number of nitrogens with zero attached hydrogens (tertiary/aromatic N) is 4. The average molecular weight is 345 g/mol. The fourth-order valence-corrected chi connectivity index (χ4v) is 4.11. The Morgan fingerprint density at radius 2 is 1.92 bits per heavy atom. The van der Waals surface area contributed by atoms with Gasteiger partial charge in [0.1, 0.15) is 11.6 Å². The summed E-state index contributed by atoms with van der Waals surface area (Å²) in [6.45, 7) is 9.94. The van der Waals surface area contributed by atoms with E-state index in [1.54, 1.807) is 0 Å². The van der Waals surface area contributed by atoms with Gasteiger partial charge in [0.05, 0.1) is 12.2 Å². The van der Waals surface area contributed by atoms with Crippen LogP contribution in [-0.4, -0.2) is 40.4 Å². The van der Waals surface area contributed by atoms with Gasteiger partial charge in [-0.05, 0) is 32.6 Å². The van der Waals surface area contributed by atoms with Crippen molar-refractivity contribution in [2.45, 2.75) is 72.3 Å². The van der Waals surface area contributed by atoms with Crippen LogP contribution < -0.4 is 4.90 Å². The van der Waals surface area contributed by atoms with Crippen LogP contribution in [0.25, 0.3) is 0 Å². The number of fused-ring (bicyclic) bond motifs is 1. The van der Waals surface area contributed by atoms with Crippen molar-refractivity contribution in [2.75, 3.05) is 24.5 Å². The van der Waals surface area contributed by atoms with Crippen molar-refractivity contribution in [3.63, 3.8) is 0 Å². The fourth-order valence-electron chi connectivity index (χ4n) is 4.11. The smallest absolute Gasteiger partial charge is 0.225 e. The quantitative estimate of drug-likeness (QED) is 0.793. The highest BCUT2D eigenvalue weighted by Gasteiger charge is 2.30. The van der Waals surface area contributed by atoms with Gasteiger partial charge in [-0.2, -0.15) is 0 Å². The Labute approximate surface area is 151 Å². The molecule has 3 rings (SSSR count). The third-order valence-corrected chi connectivity index (χ3v) is 5.62. The zero-order valence-corrected chi connectivity index (χ0v) is 16.1. The normalized spacial score (nSPS) is 18.4. The summed E-state index contributed by atoms with van der Waals surface area (Å²) in [5.41, 5.74) is 2.34. The second-order valence-corrected chi connectivity index (χ2v) is 7.47. The van der Waals surface area contributed by atoms with Crippen molar-refractivity contribution >= 4 is 11.7 Å². The van der Waals surface area contributed by atoms with Crippen LogP contribution in [0.2, 0.25) is 0 Å². The van der Waals surface area contributed by atoms with Gasteiger partial charge in [0.15, 0.2) is 0 Å². The molecule has 2 aliphatic heterocycles. The summed E-state index contributed by atoms with van der Waals surface area (Å²) >= 11 is 0. The highest BCUT2D eigenvalue weighted by atomic mass is 16.2. The van der Waals surface area contributed by atoms with E-state index in [4.69, 9.17) is 4.98 Å². The second-order valence-electron chi connectivity index (χ2n) is 7.47. The zero-order valence-electron chi connectivity index (χ0n) is 16.1. The van der Waals surface area contributed by atoms with Crippen LogP contribution >= 0.6 is 0 Å². The summed E-state index contributed by atoms with van der Waals surface area (Å²) < 4.78 is 0. The van der Waals surface area contributed by atoms with Gasteiger partial charge in [-0.1, -0.05) is 26.7 Å². The number of aromatic nitrogens is 2. The van der Waals surface area contributed by atoms with E-state index in [-0.39, 0.29) is 5.92 Å². The molecule has 2 aliphatic rings. The molecule has 5 nitrogen and oxygen atoms in total.